The molecule has 60 valence electrons. The SMILES string of the molecule is N#CNc1ccc(C(N)=O)cc1. The van der Waals surface area contributed by atoms with Crippen molar-refractivity contribution in [3.8, 4) is 6.19 Å². The molecule has 0 heterocycles. The van der Waals surface area contributed by atoms with E-state index in [4.69, 9.17) is 11.0 Å². The minimum atomic E-state index is -0.474. The Morgan fingerprint density at radius 1 is 1.42 bits per heavy atom. The maximum atomic E-state index is 10.6. The van der Waals surface area contributed by atoms with E-state index >= 15 is 0 Å². The zero-order chi connectivity index (χ0) is 8.97. The predicted molar refractivity (Wildman–Crippen MR) is 44.2 cm³/mol. The summed E-state index contributed by atoms with van der Waals surface area (Å²) in [6.07, 6.45) is 1.77. The van der Waals surface area contributed by atoms with Crippen molar-refractivity contribution in [3.05, 3.63) is 29.8 Å². The molecular formula is C8H7N3O. The van der Waals surface area contributed by atoms with E-state index in [9.17, 15) is 4.79 Å². The molecule has 0 saturated heterocycles. The molecular weight excluding hydrogens is 154 g/mol. The molecule has 0 atom stereocenters. The van der Waals surface area contributed by atoms with Crippen LogP contribution in [0.15, 0.2) is 24.3 Å². The second-order valence-electron chi connectivity index (χ2n) is 2.18. The standard InChI is InChI=1S/C8H7N3O/c9-5-11-7-3-1-6(2-4-7)8(10)12/h1-4,11H,(H2,10,12). The van der Waals surface area contributed by atoms with Crippen molar-refractivity contribution < 1.29 is 4.79 Å². The number of rotatable bonds is 2. The van der Waals surface area contributed by atoms with Crippen LogP contribution in [0.25, 0.3) is 0 Å². The van der Waals surface area contributed by atoms with Gasteiger partial charge in [0.2, 0.25) is 5.91 Å². The third-order valence-corrected chi connectivity index (χ3v) is 1.37. The summed E-state index contributed by atoms with van der Waals surface area (Å²) in [5, 5.41) is 10.7. The van der Waals surface area contributed by atoms with Gasteiger partial charge in [-0.25, -0.2) is 0 Å². The van der Waals surface area contributed by atoms with E-state index in [1.807, 2.05) is 0 Å². The van der Waals surface area contributed by atoms with Gasteiger partial charge in [-0.05, 0) is 24.3 Å². The van der Waals surface area contributed by atoms with Crippen molar-refractivity contribution in [1.82, 2.24) is 0 Å². The van der Waals surface area contributed by atoms with E-state index in [0.717, 1.165) is 0 Å². The summed E-state index contributed by atoms with van der Waals surface area (Å²) < 4.78 is 0. The van der Waals surface area contributed by atoms with Crippen LogP contribution in [-0.2, 0) is 0 Å². The molecule has 0 saturated carbocycles. The molecule has 0 radical (unpaired) electrons. The molecule has 4 nitrogen and oxygen atoms in total. The second kappa shape index (κ2) is 3.39. The number of nitrogens with one attached hydrogen (secondary N) is 1. The number of nitrogens with zero attached hydrogens (tertiary/aromatic N) is 1. The van der Waals surface area contributed by atoms with Gasteiger partial charge in [0, 0.05) is 11.3 Å². The first-order chi connectivity index (χ1) is 5.74. The molecule has 0 aliphatic rings. The van der Waals surface area contributed by atoms with Gasteiger partial charge in [-0.1, -0.05) is 0 Å². The lowest BCUT2D eigenvalue weighted by atomic mass is 10.2. The number of carbonyl (C=O) groups is 1. The number of hydrogen-bond acceptors (Lipinski definition) is 3. The molecule has 1 aromatic rings. The summed E-state index contributed by atoms with van der Waals surface area (Å²) in [6.45, 7) is 0. The molecule has 1 amide bonds. The van der Waals surface area contributed by atoms with Gasteiger partial charge >= 0.3 is 0 Å². The molecule has 0 spiro atoms. The number of primary amides is 1. The molecule has 0 bridgehead atoms. The summed E-state index contributed by atoms with van der Waals surface area (Å²) in [7, 11) is 0. The zero-order valence-corrected chi connectivity index (χ0v) is 6.24. The van der Waals surface area contributed by atoms with Gasteiger partial charge in [-0.15, -0.1) is 0 Å². The van der Waals surface area contributed by atoms with Crippen molar-refractivity contribution in [2.75, 3.05) is 5.32 Å². The van der Waals surface area contributed by atoms with Crippen molar-refractivity contribution in [1.29, 1.82) is 5.26 Å². The van der Waals surface area contributed by atoms with Crippen LogP contribution < -0.4 is 11.1 Å². The van der Waals surface area contributed by atoms with Crippen LogP contribution in [0, 0.1) is 11.5 Å². The summed E-state index contributed by atoms with van der Waals surface area (Å²) in [6, 6.07) is 6.34. The Balaban J connectivity index is 2.87. The van der Waals surface area contributed by atoms with Crippen LogP contribution in [0.3, 0.4) is 0 Å². The summed E-state index contributed by atoms with van der Waals surface area (Å²) in [5.41, 5.74) is 6.08. The Morgan fingerprint density at radius 3 is 2.42 bits per heavy atom. The molecule has 0 aromatic heterocycles. The first-order valence-corrected chi connectivity index (χ1v) is 3.29. The largest absolute Gasteiger partial charge is 0.366 e. The molecule has 1 aromatic carbocycles. The number of carbonyl (C=O) groups excluding carboxylic acids is 1. The molecule has 0 fully saturated rings. The summed E-state index contributed by atoms with van der Waals surface area (Å²) >= 11 is 0. The fourth-order valence-electron chi connectivity index (χ4n) is 0.782. The van der Waals surface area contributed by atoms with Gasteiger partial charge in [-0.3, -0.25) is 10.1 Å². The van der Waals surface area contributed by atoms with Gasteiger partial charge < -0.3 is 5.73 Å². The van der Waals surface area contributed by atoms with Crippen LogP contribution >= 0.6 is 0 Å². The maximum absolute atomic E-state index is 10.6. The average Bonchev–Trinajstić information content (AvgIpc) is 2.06. The van der Waals surface area contributed by atoms with Gasteiger partial charge in [0.05, 0.1) is 0 Å². The Kier molecular flexibility index (Phi) is 2.29. The number of amides is 1. The van der Waals surface area contributed by atoms with Crippen LogP contribution in [0.1, 0.15) is 10.4 Å². The number of anilines is 1. The molecule has 0 aliphatic heterocycles. The predicted octanol–water partition coefficient (Wildman–Crippen LogP) is 0.678. The van der Waals surface area contributed by atoms with E-state index in [2.05, 4.69) is 5.32 Å². The van der Waals surface area contributed by atoms with Crippen molar-refractivity contribution >= 4 is 11.6 Å². The van der Waals surface area contributed by atoms with Crippen LogP contribution in [0.4, 0.5) is 5.69 Å². The van der Waals surface area contributed by atoms with Crippen molar-refractivity contribution in [2.24, 2.45) is 5.73 Å². The van der Waals surface area contributed by atoms with E-state index in [0.29, 0.717) is 11.3 Å². The first-order valence-electron chi connectivity index (χ1n) is 3.29. The summed E-state index contributed by atoms with van der Waals surface area (Å²) in [4.78, 5) is 10.6. The molecule has 0 aliphatic carbocycles. The second-order valence-corrected chi connectivity index (χ2v) is 2.18. The van der Waals surface area contributed by atoms with Crippen LogP contribution in [-0.4, -0.2) is 5.91 Å². The Bertz CT molecular complexity index is 323. The first kappa shape index (κ1) is 8.08. The topological polar surface area (TPSA) is 78.9 Å². The quantitative estimate of drug-likeness (QED) is 0.494. The highest BCUT2D eigenvalue weighted by atomic mass is 16.1. The lowest BCUT2D eigenvalue weighted by Crippen LogP contribution is -2.10. The lowest BCUT2D eigenvalue weighted by molar-refractivity contribution is 0.100. The van der Waals surface area contributed by atoms with Gasteiger partial charge in [0.1, 0.15) is 0 Å². The van der Waals surface area contributed by atoms with E-state index in [-0.39, 0.29) is 0 Å². The minimum absolute atomic E-state index is 0.429. The molecule has 12 heavy (non-hydrogen) atoms. The highest BCUT2D eigenvalue weighted by molar-refractivity contribution is 5.93. The van der Waals surface area contributed by atoms with Crippen molar-refractivity contribution in [3.63, 3.8) is 0 Å². The number of benzene rings is 1. The number of nitrogens with two attached hydrogens (primary N) is 1. The Morgan fingerprint density at radius 2 is 2.00 bits per heavy atom. The fourth-order valence-corrected chi connectivity index (χ4v) is 0.782. The number of nitriles is 1. The molecule has 4 heteroatoms. The highest BCUT2D eigenvalue weighted by Crippen LogP contribution is 2.07. The third-order valence-electron chi connectivity index (χ3n) is 1.37. The van der Waals surface area contributed by atoms with Crippen molar-refractivity contribution in [2.45, 2.75) is 0 Å². The minimum Gasteiger partial charge on any atom is -0.366 e. The highest BCUT2D eigenvalue weighted by Gasteiger charge is 1.97. The average molecular weight is 161 g/mol. The lowest BCUT2D eigenvalue weighted by Gasteiger charge is -1.97. The van der Waals surface area contributed by atoms with Crippen LogP contribution in [0.2, 0.25) is 0 Å². The normalized spacial score (nSPS) is 8.58. The molecule has 0 unspecified atom stereocenters. The van der Waals surface area contributed by atoms with Crippen LogP contribution in [0.5, 0.6) is 0 Å². The van der Waals surface area contributed by atoms with Gasteiger partial charge in [-0.2, -0.15) is 5.26 Å². The maximum Gasteiger partial charge on any atom is 0.248 e. The van der Waals surface area contributed by atoms with E-state index in [1.54, 1.807) is 30.5 Å². The van der Waals surface area contributed by atoms with E-state index < -0.39 is 5.91 Å². The van der Waals surface area contributed by atoms with Gasteiger partial charge in [0.15, 0.2) is 6.19 Å². The Labute approximate surface area is 69.6 Å². The number of hydrogen-bond donors (Lipinski definition) is 2. The molecule has 3 N–H and O–H groups in total. The monoisotopic (exact) mass is 161 g/mol. The zero-order valence-electron chi connectivity index (χ0n) is 6.24. The fraction of sp³-hybridized carbons (Fsp3) is 0. The van der Waals surface area contributed by atoms with Gasteiger partial charge in [0.25, 0.3) is 0 Å². The molecule has 1 rings (SSSR count). The van der Waals surface area contributed by atoms with E-state index in [1.165, 1.54) is 0 Å². The Hall–Kier alpha value is -2.02. The third kappa shape index (κ3) is 1.73. The smallest absolute Gasteiger partial charge is 0.248 e. The summed E-state index contributed by atoms with van der Waals surface area (Å²) in [5.74, 6) is -0.474.